The van der Waals surface area contributed by atoms with E-state index in [2.05, 4.69) is 49.9 Å². The van der Waals surface area contributed by atoms with E-state index >= 15 is 0 Å². The Balaban J connectivity index is 1.40. The fourth-order valence-corrected chi connectivity index (χ4v) is 3.68. The standard InChI is InChI=1S/C19H24N4O/c1-15-20-8-11-23(15)14-19(24)6-9-22(10-7-19)13-16-12-21-18-5-3-2-4-17(16)18/h2-5,8,11-12,21,24H,6-7,9-10,13-14H2,1H3. The van der Waals surface area contributed by atoms with Crippen LogP contribution in [0.15, 0.2) is 42.9 Å². The van der Waals surface area contributed by atoms with Crippen LogP contribution < -0.4 is 0 Å². The summed E-state index contributed by atoms with van der Waals surface area (Å²) in [5, 5.41) is 12.2. The van der Waals surface area contributed by atoms with Gasteiger partial charge in [0.1, 0.15) is 5.82 Å². The molecule has 0 spiro atoms. The van der Waals surface area contributed by atoms with E-state index in [0.29, 0.717) is 6.54 Å². The molecule has 126 valence electrons. The van der Waals surface area contributed by atoms with Crippen LogP contribution in [0.25, 0.3) is 10.9 Å². The van der Waals surface area contributed by atoms with Gasteiger partial charge in [-0.05, 0) is 31.4 Å². The van der Waals surface area contributed by atoms with Gasteiger partial charge in [-0.25, -0.2) is 4.98 Å². The number of hydrogen-bond acceptors (Lipinski definition) is 3. The van der Waals surface area contributed by atoms with Crippen LogP contribution in [0.4, 0.5) is 0 Å². The number of aromatic amines is 1. The summed E-state index contributed by atoms with van der Waals surface area (Å²) in [6.07, 6.45) is 7.46. The summed E-state index contributed by atoms with van der Waals surface area (Å²) >= 11 is 0. The maximum absolute atomic E-state index is 10.9. The Morgan fingerprint density at radius 3 is 2.79 bits per heavy atom. The lowest BCUT2D eigenvalue weighted by Crippen LogP contribution is -2.46. The summed E-state index contributed by atoms with van der Waals surface area (Å²) in [6, 6.07) is 8.42. The zero-order valence-corrected chi connectivity index (χ0v) is 14.1. The lowest BCUT2D eigenvalue weighted by molar-refractivity contribution is -0.0360. The normalized spacial score (nSPS) is 18.2. The Morgan fingerprint density at radius 2 is 2.04 bits per heavy atom. The summed E-state index contributed by atoms with van der Waals surface area (Å²) in [7, 11) is 0. The first kappa shape index (κ1) is 15.4. The van der Waals surface area contributed by atoms with Crippen LogP contribution in [0, 0.1) is 6.92 Å². The predicted molar refractivity (Wildman–Crippen MR) is 94.7 cm³/mol. The molecule has 3 heterocycles. The molecule has 2 aromatic heterocycles. The molecule has 1 aliphatic heterocycles. The van der Waals surface area contributed by atoms with Gasteiger partial charge in [-0.1, -0.05) is 18.2 Å². The number of para-hydroxylation sites is 1. The number of rotatable bonds is 4. The first-order valence-electron chi connectivity index (χ1n) is 8.60. The summed E-state index contributed by atoms with van der Waals surface area (Å²) in [6.45, 7) is 5.40. The molecule has 0 atom stereocenters. The SMILES string of the molecule is Cc1nccn1CC1(O)CCN(Cc2c[nH]c3ccccc23)CC1. The van der Waals surface area contributed by atoms with E-state index in [0.717, 1.165) is 38.3 Å². The Hall–Kier alpha value is -2.11. The largest absolute Gasteiger partial charge is 0.388 e. The third-order valence-corrected chi connectivity index (χ3v) is 5.24. The number of nitrogens with one attached hydrogen (secondary N) is 1. The molecule has 3 aromatic rings. The fraction of sp³-hybridized carbons (Fsp3) is 0.421. The summed E-state index contributed by atoms with van der Waals surface area (Å²) < 4.78 is 2.05. The monoisotopic (exact) mass is 324 g/mol. The van der Waals surface area contributed by atoms with E-state index in [-0.39, 0.29) is 0 Å². The van der Waals surface area contributed by atoms with Gasteiger partial charge in [-0.3, -0.25) is 4.90 Å². The van der Waals surface area contributed by atoms with Gasteiger partial charge in [0.15, 0.2) is 0 Å². The van der Waals surface area contributed by atoms with Gasteiger partial charge < -0.3 is 14.7 Å². The van der Waals surface area contributed by atoms with Gasteiger partial charge >= 0.3 is 0 Å². The van der Waals surface area contributed by atoms with E-state index in [1.54, 1.807) is 6.20 Å². The number of hydrogen-bond donors (Lipinski definition) is 2. The van der Waals surface area contributed by atoms with Crippen molar-refractivity contribution in [1.29, 1.82) is 0 Å². The van der Waals surface area contributed by atoms with Crippen LogP contribution in [0.3, 0.4) is 0 Å². The van der Waals surface area contributed by atoms with Crippen LogP contribution in [-0.2, 0) is 13.1 Å². The number of aryl methyl sites for hydroxylation is 1. The highest BCUT2D eigenvalue weighted by Gasteiger charge is 2.33. The van der Waals surface area contributed by atoms with Crippen molar-refractivity contribution >= 4 is 10.9 Å². The maximum Gasteiger partial charge on any atom is 0.105 e. The minimum Gasteiger partial charge on any atom is -0.388 e. The van der Waals surface area contributed by atoms with Gasteiger partial charge in [0.25, 0.3) is 0 Å². The van der Waals surface area contributed by atoms with E-state index in [9.17, 15) is 5.11 Å². The molecule has 0 radical (unpaired) electrons. The van der Waals surface area contributed by atoms with E-state index in [1.165, 1.54) is 16.5 Å². The van der Waals surface area contributed by atoms with Crippen LogP contribution in [0.1, 0.15) is 24.2 Å². The summed E-state index contributed by atoms with van der Waals surface area (Å²) in [5.74, 6) is 0.963. The number of piperidine rings is 1. The smallest absolute Gasteiger partial charge is 0.105 e. The number of fused-ring (bicyclic) bond motifs is 1. The molecule has 5 nitrogen and oxygen atoms in total. The van der Waals surface area contributed by atoms with Crippen molar-refractivity contribution in [2.24, 2.45) is 0 Å². The molecular formula is C19H24N4O. The quantitative estimate of drug-likeness (QED) is 0.776. The van der Waals surface area contributed by atoms with Crippen molar-refractivity contribution in [3.8, 4) is 0 Å². The molecule has 1 fully saturated rings. The van der Waals surface area contributed by atoms with Crippen molar-refractivity contribution in [1.82, 2.24) is 19.4 Å². The van der Waals surface area contributed by atoms with Crippen molar-refractivity contribution in [3.05, 3.63) is 54.2 Å². The van der Waals surface area contributed by atoms with Gasteiger partial charge in [-0.15, -0.1) is 0 Å². The highest BCUT2D eigenvalue weighted by molar-refractivity contribution is 5.82. The second-order valence-corrected chi connectivity index (χ2v) is 6.96. The zero-order valence-electron chi connectivity index (χ0n) is 14.1. The number of aliphatic hydroxyl groups is 1. The van der Waals surface area contributed by atoms with Crippen molar-refractivity contribution in [2.75, 3.05) is 13.1 Å². The van der Waals surface area contributed by atoms with Gasteiger partial charge in [0.05, 0.1) is 12.1 Å². The van der Waals surface area contributed by atoms with Crippen molar-refractivity contribution in [3.63, 3.8) is 0 Å². The number of likely N-dealkylation sites (tertiary alicyclic amines) is 1. The average molecular weight is 324 g/mol. The molecule has 0 amide bonds. The number of imidazole rings is 1. The first-order valence-corrected chi connectivity index (χ1v) is 8.60. The molecule has 5 heteroatoms. The molecule has 4 rings (SSSR count). The summed E-state index contributed by atoms with van der Waals surface area (Å²) in [5.41, 5.74) is 1.90. The van der Waals surface area contributed by atoms with Crippen molar-refractivity contribution < 1.29 is 5.11 Å². The third kappa shape index (κ3) is 2.97. The molecule has 0 aliphatic carbocycles. The highest BCUT2D eigenvalue weighted by atomic mass is 16.3. The van der Waals surface area contributed by atoms with Gasteiger partial charge in [-0.2, -0.15) is 0 Å². The third-order valence-electron chi connectivity index (χ3n) is 5.24. The van der Waals surface area contributed by atoms with Crippen molar-refractivity contribution in [2.45, 2.75) is 38.5 Å². The Morgan fingerprint density at radius 1 is 1.25 bits per heavy atom. The lowest BCUT2D eigenvalue weighted by atomic mass is 9.91. The molecular weight excluding hydrogens is 300 g/mol. The number of benzene rings is 1. The molecule has 0 saturated carbocycles. The maximum atomic E-state index is 10.9. The second kappa shape index (κ2) is 6.07. The molecule has 2 N–H and O–H groups in total. The fourth-order valence-electron chi connectivity index (χ4n) is 3.68. The second-order valence-electron chi connectivity index (χ2n) is 6.96. The van der Waals surface area contributed by atoms with Crippen LogP contribution in [0.2, 0.25) is 0 Å². The molecule has 24 heavy (non-hydrogen) atoms. The number of nitrogens with zero attached hydrogens (tertiary/aromatic N) is 3. The number of aromatic nitrogens is 3. The molecule has 1 saturated heterocycles. The van der Waals surface area contributed by atoms with Gasteiger partial charge in [0.2, 0.25) is 0 Å². The number of H-pyrrole nitrogens is 1. The average Bonchev–Trinajstić information content (AvgIpc) is 3.17. The Bertz CT molecular complexity index is 827. The lowest BCUT2D eigenvalue weighted by Gasteiger charge is -2.38. The Labute approximate surface area is 141 Å². The van der Waals surface area contributed by atoms with Crippen LogP contribution >= 0.6 is 0 Å². The van der Waals surface area contributed by atoms with E-state index < -0.39 is 5.60 Å². The first-order chi connectivity index (χ1) is 11.6. The Kier molecular flexibility index (Phi) is 3.90. The molecule has 0 bridgehead atoms. The van der Waals surface area contributed by atoms with E-state index in [4.69, 9.17) is 0 Å². The minimum atomic E-state index is -0.623. The van der Waals surface area contributed by atoms with E-state index in [1.807, 2.05) is 13.1 Å². The molecule has 0 unspecified atom stereocenters. The molecule has 1 aliphatic rings. The zero-order chi connectivity index (χ0) is 16.6. The van der Waals surface area contributed by atoms with Crippen LogP contribution in [0.5, 0.6) is 0 Å². The summed E-state index contributed by atoms with van der Waals surface area (Å²) in [4.78, 5) is 10.0. The minimum absolute atomic E-state index is 0.623. The topological polar surface area (TPSA) is 57.1 Å². The highest BCUT2D eigenvalue weighted by Crippen LogP contribution is 2.27. The predicted octanol–water partition coefficient (Wildman–Crippen LogP) is 2.70. The molecule has 1 aromatic carbocycles. The van der Waals surface area contributed by atoms with Crippen LogP contribution in [-0.4, -0.2) is 43.2 Å². The van der Waals surface area contributed by atoms with Gasteiger partial charge in [0, 0.05) is 49.1 Å².